The highest BCUT2D eigenvalue weighted by Crippen LogP contribution is 2.12. The second-order valence-corrected chi connectivity index (χ2v) is 4.41. The van der Waals surface area contributed by atoms with Gasteiger partial charge in [-0.1, -0.05) is 0 Å². The van der Waals surface area contributed by atoms with Gasteiger partial charge in [0.25, 0.3) is 0 Å². The van der Waals surface area contributed by atoms with Gasteiger partial charge >= 0.3 is 23.8 Å². The molecule has 0 unspecified atom stereocenters. The summed E-state index contributed by atoms with van der Waals surface area (Å²) in [6, 6.07) is 2.61. The zero-order valence-corrected chi connectivity index (χ0v) is 11.4. The van der Waals surface area contributed by atoms with E-state index in [-0.39, 0.29) is 21.8 Å². The summed E-state index contributed by atoms with van der Waals surface area (Å²) in [6.07, 6.45) is 0. The summed E-state index contributed by atoms with van der Waals surface area (Å²) >= 11 is 0. The molecule has 1 aromatic carbocycles. The van der Waals surface area contributed by atoms with Crippen LogP contribution in [0.2, 0.25) is 0 Å². The number of hydrogen-bond donors (Lipinski definition) is 0. The van der Waals surface area contributed by atoms with Gasteiger partial charge in [-0.2, -0.15) is 0 Å². The van der Waals surface area contributed by atoms with Crippen molar-refractivity contribution in [2.45, 2.75) is 13.8 Å². The summed E-state index contributed by atoms with van der Waals surface area (Å²) in [5.74, 6) is -2.75. The molecule has 2 aliphatic rings. The zero-order valence-electron chi connectivity index (χ0n) is 11.4. The van der Waals surface area contributed by atoms with Crippen molar-refractivity contribution in [1.29, 1.82) is 0 Å². The van der Waals surface area contributed by atoms with Crippen LogP contribution in [0.3, 0.4) is 0 Å². The van der Waals surface area contributed by atoms with Crippen LogP contribution in [0.15, 0.2) is 22.3 Å². The Morgan fingerprint density at radius 1 is 0.864 bits per heavy atom. The molecule has 22 heavy (non-hydrogen) atoms. The van der Waals surface area contributed by atoms with Crippen molar-refractivity contribution in [2.75, 3.05) is 0 Å². The lowest BCUT2D eigenvalue weighted by Crippen LogP contribution is -2.26. The van der Waals surface area contributed by atoms with Crippen LogP contribution in [-0.4, -0.2) is 34.1 Å². The zero-order chi connectivity index (χ0) is 16.0. The molecule has 0 N–H and O–H groups in total. The molecule has 2 heterocycles. The number of nitrogens with zero attached hydrogens (tertiary/aromatic N) is 4. The fourth-order valence-corrected chi connectivity index (χ4v) is 1.94. The van der Waals surface area contributed by atoms with E-state index in [0.717, 1.165) is 13.8 Å². The fraction of sp³-hybridized carbons (Fsp3) is 0.167. The molecule has 0 atom stereocenters. The minimum atomic E-state index is -0.709. The van der Waals surface area contributed by atoms with Crippen LogP contribution in [-0.2, 0) is 19.3 Å². The van der Waals surface area contributed by atoms with E-state index in [4.69, 9.17) is 0 Å². The first kappa shape index (κ1) is 13.7. The molecule has 0 bridgehead atoms. The number of carbonyl (C=O) groups is 4. The van der Waals surface area contributed by atoms with Crippen molar-refractivity contribution in [3.05, 3.63) is 34.0 Å². The minimum Gasteiger partial charge on any atom is -0.316 e. The van der Waals surface area contributed by atoms with Gasteiger partial charge in [0.1, 0.15) is 10.7 Å². The van der Waals surface area contributed by atoms with Crippen molar-refractivity contribution < 1.29 is 28.9 Å². The van der Waals surface area contributed by atoms with Gasteiger partial charge in [-0.05, 0) is 22.5 Å². The van der Waals surface area contributed by atoms with Gasteiger partial charge < -0.3 is 9.68 Å². The predicted octanol–water partition coefficient (Wildman–Crippen LogP) is -1.38. The lowest BCUT2D eigenvalue weighted by Gasteiger charge is -2.08. The van der Waals surface area contributed by atoms with E-state index in [1.807, 2.05) is 0 Å². The normalized spacial score (nSPS) is 15.0. The van der Waals surface area contributed by atoms with E-state index in [0.29, 0.717) is 10.3 Å². The summed E-state index contributed by atoms with van der Waals surface area (Å²) in [7, 11) is 0. The number of fused-ring (bicyclic) bond motifs is 2. The van der Waals surface area contributed by atoms with E-state index in [1.54, 1.807) is 0 Å². The Hall–Kier alpha value is -3.30. The van der Waals surface area contributed by atoms with Crippen molar-refractivity contribution in [2.24, 2.45) is 10.2 Å². The molecule has 0 fully saturated rings. The van der Waals surface area contributed by atoms with Crippen molar-refractivity contribution in [3.63, 3.8) is 0 Å². The summed E-state index contributed by atoms with van der Waals surface area (Å²) in [6.45, 7) is 2.25. The summed E-state index contributed by atoms with van der Waals surface area (Å²) in [5.41, 5.74) is 0.224. The Balaban J connectivity index is 2.02. The molecule has 0 saturated heterocycles. The van der Waals surface area contributed by atoms with Gasteiger partial charge in [0.05, 0.1) is 11.1 Å². The average Bonchev–Trinajstić information content (AvgIpc) is 2.87. The van der Waals surface area contributed by atoms with Crippen LogP contribution in [0.1, 0.15) is 34.6 Å². The number of amides is 2. The van der Waals surface area contributed by atoms with Crippen LogP contribution >= 0.6 is 0 Å². The highest BCUT2D eigenvalue weighted by Gasteiger charge is 2.32. The maximum absolute atomic E-state index is 12.0. The third-order valence-electron chi connectivity index (χ3n) is 2.75. The second-order valence-electron chi connectivity index (χ2n) is 4.41. The predicted molar refractivity (Wildman–Crippen MR) is 64.6 cm³/mol. The Morgan fingerprint density at radius 2 is 1.23 bits per heavy atom. The van der Waals surface area contributed by atoms with Crippen molar-refractivity contribution in [1.82, 2.24) is 10.3 Å². The first-order valence-corrected chi connectivity index (χ1v) is 6.04. The molecule has 3 rings (SSSR count). The number of hydroxylamine groups is 2. The smallest absolute Gasteiger partial charge is 0.316 e. The van der Waals surface area contributed by atoms with Gasteiger partial charge in [0.2, 0.25) is 0 Å². The van der Waals surface area contributed by atoms with Crippen LogP contribution in [0.25, 0.3) is 0 Å². The molecule has 0 saturated carbocycles. The van der Waals surface area contributed by atoms with E-state index in [2.05, 4.69) is 19.9 Å². The van der Waals surface area contributed by atoms with Gasteiger partial charge in [-0.25, -0.2) is 9.59 Å². The average molecular weight is 304 g/mol. The monoisotopic (exact) mass is 304 g/mol. The summed E-state index contributed by atoms with van der Waals surface area (Å²) in [5, 5.41) is 8.96. The largest absolute Gasteiger partial charge is 0.332 e. The second kappa shape index (κ2) is 4.62. The molecule has 0 radical (unpaired) electrons. The Labute approximate surface area is 122 Å². The first-order valence-electron chi connectivity index (χ1n) is 6.04. The highest BCUT2D eigenvalue weighted by molar-refractivity contribution is 5.99. The van der Waals surface area contributed by atoms with Crippen LogP contribution in [0.5, 0.6) is 0 Å². The fourth-order valence-electron chi connectivity index (χ4n) is 1.94. The first-order chi connectivity index (χ1) is 10.4. The van der Waals surface area contributed by atoms with Crippen LogP contribution in [0, 0.1) is 0 Å². The van der Waals surface area contributed by atoms with Gasteiger partial charge in [0.15, 0.2) is 0 Å². The van der Waals surface area contributed by atoms with E-state index >= 15 is 0 Å². The Morgan fingerprint density at radius 3 is 1.55 bits per heavy atom. The van der Waals surface area contributed by atoms with Gasteiger partial charge in [-0.15, -0.1) is 10.2 Å². The quantitative estimate of drug-likeness (QED) is 0.664. The highest BCUT2D eigenvalue weighted by atomic mass is 16.7. The molecule has 1 aromatic rings. The minimum absolute atomic E-state index is 0.112. The third-order valence-corrected chi connectivity index (χ3v) is 2.75. The number of benzene rings is 1. The number of carbonyl (C=O) groups excluding carboxylic acids is 4. The SMILES string of the molecule is CC(=O)ON1N=c2cc3c(cc2C1=O)=NN(OC(C)=O)C3=O. The maximum Gasteiger partial charge on any atom is 0.332 e. The molecule has 0 spiro atoms. The molecular formula is C12H8N4O6. The molecular weight excluding hydrogens is 296 g/mol. The van der Waals surface area contributed by atoms with Gasteiger partial charge in [0, 0.05) is 13.8 Å². The van der Waals surface area contributed by atoms with Crippen LogP contribution in [0.4, 0.5) is 0 Å². The summed E-state index contributed by atoms with van der Waals surface area (Å²) < 4.78 is 0. The van der Waals surface area contributed by atoms with Crippen molar-refractivity contribution in [3.8, 4) is 0 Å². The van der Waals surface area contributed by atoms with E-state index in [1.165, 1.54) is 12.1 Å². The molecule has 0 aliphatic carbocycles. The van der Waals surface area contributed by atoms with Gasteiger partial charge in [-0.3, -0.25) is 9.59 Å². The number of hydrogen-bond acceptors (Lipinski definition) is 8. The lowest BCUT2D eigenvalue weighted by atomic mass is 10.1. The molecule has 0 aromatic heterocycles. The van der Waals surface area contributed by atoms with E-state index in [9.17, 15) is 19.2 Å². The molecule has 2 amide bonds. The lowest BCUT2D eigenvalue weighted by molar-refractivity contribution is -0.175. The van der Waals surface area contributed by atoms with Crippen LogP contribution < -0.4 is 10.7 Å². The standard InChI is InChI=1S/C12H8N4O6/c1-5(17)21-15-11(19)7-3-10-8(4-9(7)13-15)12(20)16(14-10)22-6(2)18/h3-4H,1-2H3. The Bertz CT molecular complexity index is 789. The molecule has 2 aliphatic heterocycles. The van der Waals surface area contributed by atoms with Crippen molar-refractivity contribution >= 4 is 23.8 Å². The Kier molecular flexibility index (Phi) is 2.87. The molecule has 10 heteroatoms. The van der Waals surface area contributed by atoms with E-state index < -0.39 is 23.8 Å². The molecule has 10 nitrogen and oxygen atoms in total. The summed E-state index contributed by atoms with van der Waals surface area (Å²) in [4.78, 5) is 55.0. The molecule has 112 valence electrons. The topological polar surface area (TPSA) is 118 Å². The number of rotatable bonds is 2. The third kappa shape index (κ3) is 2.06. The maximum atomic E-state index is 12.0.